The Kier molecular flexibility index (Phi) is 6.68. The van der Waals surface area contributed by atoms with Gasteiger partial charge in [0.1, 0.15) is 5.69 Å². The highest BCUT2D eigenvalue weighted by Crippen LogP contribution is 2.25. The molecule has 1 heterocycles. The summed E-state index contributed by atoms with van der Waals surface area (Å²) < 4.78 is 0. The molecular weight excluding hydrogens is 433 g/mol. The zero-order chi connectivity index (χ0) is 21.7. The van der Waals surface area contributed by atoms with E-state index >= 15 is 0 Å². The predicted octanol–water partition coefficient (Wildman–Crippen LogP) is 3.02. The third-order valence-corrected chi connectivity index (χ3v) is 4.71. The van der Waals surface area contributed by atoms with Crippen molar-refractivity contribution >= 4 is 46.6 Å². The van der Waals surface area contributed by atoms with Gasteiger partial charge in [0, 0.05) is 12.1 Å². The highest BCUT2D eigenvalue weighted by atomic mass is 35.5. The van der Waals surface area contributed by atoms with Crippen molar-refractivity contribution in [2.75, 3.05) is 5.32 Å². The molecule has 3 aromatic rings. The molecule has 0 saturated heterocycles. The molecule has 0 radical (unpaired) electrons. The van der Waals surface area contributed by atoms with Crippen LogP contribution in [0.5, 0.6) is 0 Å². The van der Waals surface area contributed by atoms with Crippen molar-refractivity contribution in [1.29, 1.82) is 0 Å². The van der Waals surface area contributed by atoms with Crippen LogP contribution in [-0.4, -0.2) is 33.1 Å². The van der Waals surface area contributed by atoms with Gasteiger partial charge in [0.15, 0.2) is 0 Å². The van der Waals surface area contributed by atoms with Crippen LogP contribution in [0.25, 0.3) is 0 Å². The molecule has 3 amide bonds. The van der Waals surface area contributed by atoms with Crippen molar-refractivity contribution in [2.45, 2.75) is 6.54 Å². The number of nitrogens with one attached hydrogen (secondary N) is 4. The number of amides is 3. The van der Waals surface area contributed by atoms with Gasteiger partial charge in [0.2, 0.25) is 0 Å². The molecule has 0 aliphatic rings. The summed E-state index contributed by atoms with van der Waals surface area (Å²) in [5, 5.41) is 20.5. The summed E-state index contributed by atoms with van der Waals surface area (Å²) in [4.78, 5) is 36.3. The predicted molar refractivity (Wildman–Crippen MR) is 110 cm³/mol. The molecule has 0 aliphatic carbocycles. The third kappa shape index (κ3) is 4.77. The smallest absolute Gasteiger partial charge is 0.274 e. The molecule has 3 rings (SSSR count). The van der Waals surface area contributed by atoms with E-state index in [1.165, 1.54) is 35.9 Å². The number of aromatic nitrogens is 2. The summed E-state index contributed by atoms with van der Waals surface area (Å²) in [6.45, 7) is 0.155. The zero-order valence-electron chi connectivity index (χ0n) is 15.2. The summed E-state index contributed by atoms with van der Waals surface area (Å²) in [5.74, 6) is -1.73. The van der Waals surface area contributed by atoms with Crippen molar-refractivity contribution in [3.8, 4) is 0 Å². The van der Waals surface area contributed by atoms with Crippen LogP contribution in [0.2, 0.25) is 10.0 Å². The lowest BCUT2D eigenvalue weighted by Gasteiger charge is -2.09. The van der Waals surface area contributed by atoms with Crippen molar-refractivity contribution in [2.24, 2.45) is 0 Å². The van der Waals surface area contributed by atoms with E-state index in [1.807, 2.05) is 0 Å². The number of rotatable bonds is 6. The Balaban J connectivity index is 1.66. The monoisotopic (exact) mass is 447 g/mol. The lowest BCUT2D eigenvalue weighted by molar-refractivity contribution is 0.0706. The topological polar surface area (TPSA) is 136 Å². The van der Waals surface area contributed by atoms with Gasteiger partial charge in [-0.15, -0.1) is 0 Å². The van der Waals surface area contributed by atoms with Gasteiger partial charge in [0.25, 0.3) is 17.7 Å². The van der Waals surface area contributed by atoms with Crippen molar-refractivity contribution < 1.29 is 19.6 Å². The average Bonchev–Trinajstić information content (AvgIpc) is 3.19. The van der Waals surface area contributed by atoms with Gasteiger partial charge in [-0.2, -0.15) is 5.10 Å². The van der Waals surface area contributed by atoms with Crippen LogP contribution >= 0.6 is 23.2 Å². The van der Waals surface area contributed by atoms with Crippen molar-refractivity contribution in [1.82, 2.24) is 21.0 Å². The number of aromatic amines is 1. The zero-order valence-corrected chi connectivity index (χ0v) is 16.7. The van der Waals surface area contributed by atoms with Crippen LogP contribution in [0.1, 0.15) is 36.8 Å². The van der Waals surface area contributed by atoms with E-state index in [2.05, 4.69) is 20.8 Å². The van der Waals surface area contributed by atoms with Crippen LogP contribution in [-0.2, 0) is 6.54 Å². The first-order valence-corrected chi connectivity index (χ1v) is 9.26. The minimum atomic E-state index is -0.637. The Morgan fingerprint density at radius 3 is 2.27 bits per heavy atom. The molecule has 9 nitrogen and oxygen atoms in total. The number of hydroxylamine groups is 1. The van der Waals surface area contributed by atoms with Gasteiger partial charge >= 0.3 is 0 Å². The van der Waals surface area contributed by atoms with Crippen molar-refractivity contribution in [3.63, 3.8) is 0 Å². The number of hydrogen-bond donors (Lipinski definition) is 5. The molecule has 0 unspecified atom stereocenters. The summed E-state index contributed by atoms with van der Waals surface area (Å²) in [5.41, 5.74) is 2.80. The first-order chi connectivity index (χ1) is 14.4. The number of nitrogens with zero attached hydrogens (tertiary/aromatic N) is 1. The highest BCUT2D eigenvalue weighted by Gasteiger charge is 2.19. The number of H-pyrrole nitrogens is 1. The van der Waals surface area contributed by atoms with Gasteiger partial charge in [-0.25, -0.2) is 5.48 Å². The standard InChI is InChI=1S/C19H15Cl2N5O4/c20-12-2-1-3-13(21)15(12)18(28)24-14-9-23-25-16(14)19(29)22-8-10-4-6-11(7-5-10)17(27)26-30/h1-7,9,30H,8H2,(H,22,29)(H,23,25)(H,24,28)(H,26,27). The van der Waals surface area contributed by atoms with Gasteiger partial charge < -0.3 is 10.6 Å². The highest BCUT2D eigenvalue weighted by molar-refractivity contribution is 6.40. The quantitative estimate of drug-likeness (QED) is 0.292. The van der Waals surface area contributed by atoms with E-state index in [-0.39, 0.29) is 39.1 Å². The molecule has 154 valence electrons. The first kappa shape index (κ1) is 21.3. The summed E-state index contributed by atoms with van der Waals surface area (Å²) in [7, 11) is 0. The van der Waals surface area contributed by atoms with Crippen LogP contribution in [0, 0.1) is 0 Å². The second-order valence-corrected chi connectivity index (χ2v) is 6.84. The first-order valence-electron chi connectivity index (χ1n) is 8.51. The van der Waals surface area contributed by atoms with Gasteiger partial charge in [-0.1, -0.05) is 41.4 Å². The molecule has 2 aromatic carbocycles. The lowest BCUT2D eigenvalue weighted by atomic mass is 10.1. The number of anilines is 1. The van der Waals surface area contributed by atoms with E-state index in [1.54, 1.807) is 18.2 Å². The number of benzene rings is 2. The van der Waals surface area contributed by atoms with Crippen LogP contribution < -0.4 is 16.1 Å². The lowest BCUT2D eigenvalue weighted by Crippen LogP contribution is -2.25. The Morgan fingerprint density at radius 1 is 0.967 bits per heavy atom. The Labute approximate surface area is 180 Å². The van der Waals surface area contributed by atoms with E-state index < -0.39 is 17.7 Å². The molecule has 0 fully saturated rings. The minimum absolute atomic E-state index is 0.0443. The number of hydrogen-bond acceptors (Lipinski definition) is 5. The fraction of sp³-hybridized carbons (Fsp3) is 0.0526. The summed E-state index contributed by atoms with van der Waals surface area (Å²) >= 11 is 12.1. The molecule has 0 atom stereocenters. The molecule has 5 N–H and O–H groups in total. The fourth-order valence-corrected chi connectivity index (χ4v) is 3.13. The second-order valence-electron chi connectivity index (χ2n) is 6.03. The number of carbonyl (C=O) groups is 3. The Morgan fingerprint density at radius 2 is 1.63 bits per heavy atom. The van der Waals surface area contributed by atoms with Crippen LogP contribution in [0.4, 0.5) is 5.69 Å². The molecule has 11 heteroatoms. The number of halogens is 2. The average molecular weight is 448 g/mol. The van der Waals surface area contributed by atoms with Crippen molar-refractivity contribution in [3.05, 3.63) is 81.1 Å². The Hall–Kier alpha value is -3.40. The van der Waals surface area contributed by atoms with E-state index in [0.717, 1.165) is 0 Å². The molecule has 30 heavy (non-hydrogen) atoms. The maximum absolute atomic E-state index is 12.5. The second kappa shape index (κ2) is 9.40. The normalized spacial score (nSPS) is 10.4. The molecule has 0 saturated carbocycles. The SMILES string of the molecule is O=C(NO)c1ccc(CNC(=O)c2[nH]ncc2NC(=O)c2c(Cl)cccc2Cl)cc1. The molecule has 1 aromatic heterocycles. The summed E-state index contributed by atoms with van der Waals surface area (Å²) in [6.07, 6.45) is 1.29. The maximum Gasteiger partial charge on any atom is 0.274 e. The Bertz CT molecular complexity index is 1080. The van der Waals surface area contributed by atoms with E-state index in [9.17, 15) is 14.4 Å². The fourth-order valence-electron chi connectivity index (χ4n) is 2.56. The molecule has 0 aliphatic heterocycles. The van der Waals surface area contributed by atoms with E-state index in [4.69, 9.17) is 28.4 Å². The third-order valence-electron chi connectivity index (χ3n) is 4.08. The van der Waals surface area contributed by atoms with Crippen LogP contribution in [0.15, 0.2) is 48.7 Å². The van der Waals surface area contributed by atoms with Gasteiger partial charge in [-0.3, -0.25) is 24.7 Å². The van der Waals surface area contributed by atoms with Crippen LogP contribution in [0.3, 0.4) is 0 Å². The van der Waals surface area contributed by atoms with Gasteiger partial charge in [-0.05, 0) is 29.8 Å². The molecule has 0 bridgehead atoms. The summed E-state index contributed by atoms with van der Waals surface area (Å²) in [6, 6.07) is 10.9. The molecule has 0 spiro atoms. The van der Waals surface area contributed by atoms with E-state index in [0.29, 0.717) is 5.56 Å². The molecular formula is C19H15Cl2N5O4. The minimum Gasteiger partial charge on any atom is -0.347 e. The largest absolute Gasteiger partial charge is 0.347 e. The maximum atomic E-state index is 12.5. The van der Waals surface area contributed by atoms with Gasteiger partial charge in [0.05, 0.1) is 27.5 Å². The number of carbonyl (C=O) groups excluding carboxylic acids is 3.